The fourth-order valence-electron chi connectivity index (χ4n) is 2.47. The topological polar surface area (TPSA) is 53.6 Å². The second kappa shape index (κ2) is 8.51. The van der Waals surface area contributed by atoms with E-state index < -0.39 is 0 Å². The van der Waals surface area contributed by atoms with Crippen molar-refractivity contribution in [3.63, 3.8) is 0 Å². The summed E-state index contributed by atoms with van der Waals surface area (Å²) in [5.41, 5.74) is 0. The Labute approximate surface area is 117 Å². The number of carbonyl (C=O) groups is 1. The van der Waals surface area contributed by atoms with E-state index in [9.17, 15) is 4.79 Å². The van der Waals surface area contributed by atoms with Crippen molar-refractivity contribution in [3.8, 4) is 0 Å². The van der Waals surface area contributed by atoms with E-state index in [0.29, 0.717) is 12.0 Å². The lowest BCUT2D eigenvalue weighted by molar-refractivity contribution is -0.124. The van der Waals surface area contributed by atoms with Gasteiger partial charge in [-0.2, -0.15) is 0 Å². The molecule has 2 atom stereocenters. The molecule has 1 aliphatic rings. The Bertz CT molecular complexity index is 265. The molecule has 1 amide bonds. The molecule has 1 aliphatic heterocycles. The second-order valence-corrected chi connectivity index (χ2v) is 5.66. The van der Waals surface area contributed by atoms with Gasteiger partial charge < -0.3 is 15.4 Å². The van der Waals surface area contributed by atoms with Gasteiger partial charge in [-0.25, -0.2) is 0 Å². The molecule has 0 saturated carbocycles. The minimum Gasteiger partial charge on any atom is -0.379 e. The standard InChI is InChI=1S/C14H29N3O2/c1-11(2)13(17-5-7-19-8-6-17)10-16-14(18)12(3)9-15-4/h11-13,15H,5-10H2,1-4H3,(H,16,18). The molecule has 19 heavy (non-hydrogen) atoms. The molecule has 2 unspecified atom stereocenters. The first-order valence-electron chi connectivity index (χ1n) is 7.30. The van der Waals surface area contributed by atoms with Gasteiger partial charge in [0.1, 0.15) is 0 Å². The molecule has 1 fully saturated rings. The van der Waals surface area contributed by atoms with Crippen LogP contribution in [-0.2, 0) is 9.53 Å². The fourth-order valence-corrected chi connectivity index (χ4v) is 2.47. The van der Waals surface area contributed by atoms with E-state index in [-0.39, 0.29) is 11.8 Å². The highest BCUT2D eigenvalue weighted by molar-refractivity contribution is 5.78. The van der Waals surface area contributed by atoms with Crippen molar-refractivity contribution in [1.82, 2.24) is 15.5 Å². The summed E-state index contributed by atoms with van der Waals surface area (Å²) in [5.74, 6) is 0.675. The van der Waals surface area contributed by atoms with E-state index in [2.05, 4.69) is 29.4 Å². The van der Waals surface area contributed by atoms with Gasteiger partial charge in [0.2, 0.25) is 5.91 Å². The van der Waals surface area contributed by atoms with Crippen LogP contribution in [0.4, 0.5) is 0 Å². The summed E-state index contributed by atoms with van der Waals surface area (Å²) in [6.07, 6.45) is 0. The number of morpholine rings is 1. The lowest BCUT2D eigenvalue weighted by atomic mass is 10.0. The Balaban J connectivity index is 2.43. The molecular weight excluding hydrogens is 242 g/mol. The first-order valence-corrected chi connectivity index (χ1v) is 7.30. The number of hydrogen-bond acceptors (Lipinski definition) is 4. The van der Waals surface area contributed by atoms with Crippen LogP contribution in [0, 0.1) is 11.8 Å². The number of nitrogens with zero attached hydrogens (tertiary/aromatic N) is 1. The van der Waals surface area contributed by atoms with Gasteiger partial charge in [-0.15, -0.1) is 0 Å². The van der Waals surface area contributed by atoms with Crippen molar-refractivity contribution < 1.29 is 9.53 Å². The number of carbonyl (C=O) groups excluding carboxylic acids is 1. The van der Waals surface area contributed by atoms with Crippen molar-refractivity contribution in [2.24, 2.45) is 11.8 Å². The normalized spacial score (nSPS) is 20.3. The van der Waals surface area contributed by atoms with Crippen LogP contribution in [0.25, 0.3) is 0 Å². The Morgan fingerprint density at radius 1 is 1.21 bits per heavy atom. The SMILES string of the molecule is CNCC(C)C(=O)NCC(C(C)C)N1CCOCC1. The van der Waals surface area contributed by atoms with E-state index >= 15 is 0 Å². The number of nitrogens with one attached hydrogen (secondary N) is 2. The average Bonchev–Trinajstić information content (AvgIpc) is 2.39. The Hall–Kier alpha value is -0.650. The third kappa shape index (κ3) is 5.47. The lowest BCUT2D eigenvalue weighted by Gasteiger charge is -2.37. The summed E-state index contributed by atoms with van der Waals surface area (Å²) >= 11 is 0. The van der Waals surface area contributed by atoms with Gasteiger partial charge in [0.15, 0.2) is 0 Å². The van der Waals surface area contributed by atoms with Crippen molar-refractivity contribution in [2.75, 3.05) is 46.4 Å². The molecule has 0 aliphatic carbocycles. The number of rotatable bonds is 7. The third-order valence-electron chi connectivity index (χ3n) is 3.73. The molecule has 0 aromatic heterocycles. The predicted octanol–water partition coefficient (Wildman–Crippen LogP) is 0.315. The van der Waals surface area contributed by atoms with Gasteiger partial charge in [0, 0.05) is 38.1 Å². The molecule has 0 spiro atoms. The highest BCUT2D eigenvalue weighted by Gasteiger charge is 2.24. The summed E-state index contributed by atoms with van der Waals surface area (Å²) in [7, 11) is 1.87. The molecule has 0 bridgehead atoms. The minimum atomic E-state index is 0.0162. The number of hydrogen-bond donors (Lipinski definition) is 2. The predicted molar refractivity (Wildman–Crippen MR) is 77.1 cm³/mol. The summed E-state index contributed by atoms with van der Waals surface area (Å²) in [5, 5.41) is 6.12. The zero-order valence-corrected chi connectivity index (χ0v) is 12.7. The zero-order chi connectivity index (χ0) is 14.3. The molecule has 5 heteroatoms. The minimum absolute atomic E-state index is 0.0162. The fraction of sp³-hybridized carbons (Fsp3) is 0.929. The molecule has 0 aromatic carbocycles. The Kier molecular flexibility index (Phi) is 7.34. The summed E-state index contributed by atoms with van der Waals surface area (Å²) in [6.45, 7) is 11.3. The maximum absolute atomic E-state index is 11.9. The molecular formula is C14H29N3O2. The maximum Gasteiger partial charge on any atom is 0.224 e. The van der Waals surface area contributed by atoms with E-state index in [0.717, 1.165) is 39.4 Å². The largest absolute Gasteiger partial charge is 0.379 e. The molecule has 2 N–H and O–H groups in total. The molecule has 112 valence electrons. The van der Waals surface area contributed by atoms with Gasteiger partial charge in [-0.05, 0) is 13.0 Å². The van der Waals surface area contributed by atoms with Crippen LogP contribution in [0.15, 0.2) is 0 Å². The smallest absolute Gasteiger partial charge is 0.224 e. The first kappa shape index (κ1) is 16.4. The average molecular weight is 271 g/mol. The number of ether oxygens (including phenoxy) is 1. The van der Waals surface area contributed by atoms with Crippen LogP contribution in [0.2, 0.25) is 0 Å². The van der Waals surface area contributed by atoms with Gasteiger partial charge in [-0.1, -0.05) is 20.8 Å². The highest BCUT2D eigenvalue weighted by atomic mass is 16.5. The first-order chi connectivity index (χ1) is 9.06. The molecule has 5 nitrogen and oxygen atoms in total. The van der Waals surface area contributed by atoms with Crippen molar-refractivity contribution >= 4 is 5.91 Å². The van der Waals surface area contributed by atoms with Crippen LogP contribution < -0.4 is 10.6 Å². The lowest BCUT2D eigenvalue weighted by Crippen LogP contribution is -2.51. The Morgan fingerprint density at radius 2 is 1.84 bits per heavy atom. The molecule has 1 heterocycles. The van der Waals surface area contributed by atoms with E-state index in [1.807, 2.05) is 14.0 Å². The quantitative estimate of drug-likeness (QED) is 0.700. The van der Waals surface area contributed by atoms with Crippen molar-refractivity contribution in [3.05, 3.63) is 0 Å². The molecule has 0 aromatic rings. The monoisotopic (exact) mass is 271 g/mol. The van der Waals surface area contributed by atoms with E-state index in [4.69, 9.17) is 4.74 Å². The van der Waals surface area contributed by atoms with E-state index in [1.165, 1.54) is 0 Å². The third-order valence-corrected chi connectivity index (χ3v) is 3.73. The summed E-state index contributed by atoms with van der Waals surface area (Å²) < 4.78 is 5.39. The molecule has 0 radical (unpaired) electrons. The van der Waals surface area contributed by atoms with Gasteiger partial charge in [0.05, 0.1) is 13.2 Å². The van der Waals surface area contributed by atoms with Crippen LogP contribution in [0.5, 0.6) is 0 Å². The van der Waals surface area contributed by atoms with Crippen molar-refractivity contribution in [1.29, 1.82) is 0 Å². The van der Waals surface area contributed by atoms with Gasteiger partial charge >= 0.3 is 0 Å². The Morgan fingerprint density at radius 3 is 2.37 bits per heavy atom. The number of amides is 1. The van der Waals surface area contributed by atoms with Crippen LogP contribution in [-0.4, -0.2) is 63.3 Å². The summed E-state index contributed by atoms with van der Waals surface area (Å²) in [6, 6.07) is 0.398. The van der Waals surface area contributed by atoms with Gasteiger partial charge in [-0.3, -0.25) is 9.69 Å². The van der Waals surface area contributed by atoms with Crippen molar-refractivity contribution in [2.45, 2.75) is 26.8 Å². The van der Waals surface area contributed by atoms with Gasteiger partial charge in [0.25, 0.3) is 0 Å². The van der Waals surface area contributed by atoms with E-state index in [1.54, 1.807) is 0 Å². The zero-order valence-electron chi connectivity index (χ0n) is 12.7. The van der Waals surface area contributed by atoms with Crippen LogP contribution in [0.3, 0.4) is 0 Å². The summed E-state index contributed by atoms with van der Waals surface area (Å²) in [4.78, 5) is 14.4. The second-order valence-electron chi connectivity index (χ2n) is 5.66. The van der Waals surface area contributed by atoms with Crippen LogP contribution in [0.1, 0.15) is 20.8 Å². The molecule has 1 saturated heterocycles. The van der Waals surface area contributed by atoms with Crippen LogP contribution >= 0.6 is 0 Å². The highest BCUT2D eigenvalue weighted by Crippen LogP contribution is 2.12. The molecule has 1 rings (SSSR count). The maximum atomic E-state index is 11.9.